The van der Waals surface area contributed by atoms with Gasteiger partial charge in [-0.25, -0.2) is 0 Å². The Morgan fingerprint density at radius 1 is 0.600 bits per heavy atom. The molecule has 3 fully saturated rings. The molecule has 2 heterocycles. The van der Waals surface area contributed by atoms with Crippen LogP contribution in [0, 0.1) is 11.8 Å². The molecule has 0 bridgehead atoms. The summed E-state index contributed by atoms with van der Waals surface area (Å²) in [4.78, 5) is 55.1. The third-order valence-electron chi connectivity index (χ3n) is 7.82. The maximum Gasteiger partial charge on any atom is 0.254 e. The van der Waals surface area contributed by atoms with Gasteiger partial charge in [0.2, 0.25) is 11.8 Å². The van der Waals surface area contributed by atoms with Crippen molar-refractivity contribution >= 4 is 35.0 Å². The van der Waals surface area contributed by atoms with Crippen LogP contribution in [0.15, 0.2) is 48.5 Å². The summed E-state index contributed by atoms with van der Waals surface area (Å²) in [5.41, 5.74) is 2.26. The Morgan fingerprint density at radius 2 is 0.975 bits per heavy atom. The summed E-state index contributed by atoms with van der Waals surface area (Å²) in [6.45, 7) is 4.37. The van der Waals surface area contributed by atoms with Crippen LogP contribution >= 0.6 is 0 Å². The van der Waals surface area contributed by atoms with Gasteiger partial charge in [0.25, 0.3) is 11.8 Å². The molecule has 10 nitrogen and oxygen atoms in total. The lowest BCUT2D eigenvalue weighted by molar-refractivity contribution is -0.125. The molecule has 0 aromatic heterocycles. The predicted octanol–water partition coefficient (Wildman–Crippen LogP) is 3.02. The van der Waals surface area contributed by atoms with E-state index in [1.54, 1.807) is 58.3 Å². The smallest absolute Gasteiger partial charge is 0.254 e. The van der Waals surface area contributed by atoms with Crippen molar-refractivity contribution < 1.29 is 28.7 Å². The summed E-state index contributed by atoms with van der Waals surface area (Å²) >= 11 is 0. The summed E-state index contributed by atoms with van der Waals surface area (Å²) in [6, 6.07) is 14.1. The molecule has 0 spiro atoms. The van der Waals surface area contributed by atoms with Gasteiger partial charge >= 0.3 is 0 Å². The van der Waals surface area contributed by atoms with Gasteiger partial charge in [-0.15, -0.1) is 0 Å². The van der Waals surface area contributed by atoms with Gasteiger partial charge in [0.05, 0.1) is 26.4 Å². The van der Waals surface area contributed by atoms with E-state index in [0.29, 0.717) is 101 Å². The summed E-state index contributed by atoms with van der Waals surface area (Å²) in [6.07, 6.45) is 2.41. The first kappa shape index (κ1) is 27.8. The minimum absolute atomic E-state index is 0.0677. The van der Waals surface area contributed by atoms with E-state index in [-0.39, 0.29) is 35.5 Å². The molecule has 1 aliphatic carbocycles. The number of rotatable bonds is 6. The van der Waals surface area contributed by atoms with Gasteiger partial charge < -0.3 is 29.9 Å². The number of benzene rings is 2. The first-order valence-electron chi connectivity index (χ1n) is 14.0. The van der Waals surface area contributed by atoms with Crippen LogP contribution < -0.4 is 10.6 Å². The Bertz CT molecular complexity index is 1130. The average molecular weight is 549 g/mol. The first-order valence-corrected chi connectivity index (χ1v) is 14.0. The number of amides is 4. The molecule has 2 aromatic carbocycles. The molecular weight excluding hydrogens is 512 g/mol. The monoisotopic (exact) mass is 548 g/mol. The highest BCUT2D eigenvalue weighted by Gasteiger charge is 2.30. The Hall–Kier alpha value is -3.76. The fourth-order valence-electron chi connectivity index (χ4n) is 5.46. The molecule has 5 rings (SSSR count). The molecule has 40 heavy (non-hydrogen) atoms. The van der Waals surface area contributed by atoms with Crippen molar-refractivity contribution in [1.82, 2.24) is 9.80 Å². The highest BCUT2D eigenvalue weighted by atomic mass is 16.5. The largest absolute Gasteiger partial charge is 0.378 e. The minimum Gasteiger partial charge on any atom is -0.378 e. The van der Waals surface area contributed by atoms with Gasteiger partial charge in [-0.1, -0.05) is 12.1 Å². The lowest BCUT2D eigenvalue weighted by atomic mass is 9.81. The molecular formula is C30H36N4O6. The molecule has 4 amide bonds. The second kappa shape index (κ2) is 13.1. The Balaban J connectivity index is 1.11. The van der Waals surface area contributed by atoms with Crippen LogP contribution in [-0.4, -0.2) is 86.0 Å². The summed E-state index contributed by atoms with van der Waals surface area (Å²) < 4.78 is 10.6. The highest BCUT2D eigenvalue weighted by Crippen LogP contribution is 2.31. The van der Waals surface area contributed by atoms with Crippen LogP contribution in [0.2, 0.25) is 0 Å². The molecule has 0 atom stereocenters. The van der Waals surface area contributed by atoms with Crippen molar-refractivity contribution in [2.75, 3.05) is 63.2 Å². The van der Waals surface area contributed by atoms with Crippen LogP contribution in [-0.2, 0) is 19.1 Å². The standard InChI is InChI=1S/C30H36N4O6/c35-27(31-25-5-1-3-23(19-25)29(37)33-11-15-39-16-12-33)21-7-9-22(10-8-21)28(36)32-26-6-2-4-24(20-26)30(38)34-13-17-40-18-14-34/h1-6,19-22H,7-18H2,(H,31,35)(H,32,36). The van der Waals surface area contributed by atoms with E-state index in [1.807, 2.05) is 0 Å². The zero-order valence-electron chi connectivity index (χ0n) is 22.6. The van der Waals surface area contributed by atoms with Crippen molar-refractivity contribution in [2.45, 2.75) is 25.7 Å². The van der Waals surface area contributed by atoms with Crippen LogP contribution in [0.3, 0.4) is 0 Å². The fraction of sp³-hybridized carbons (Fsp3) is 0.467. The minimum atomic E-state index is -0.197. The summed E-state index contributed by atoms with van der Waals surface area (Å²) in [5, 5.41) is 5.92. The number of ether oxygens (including phenoxy) is 2. The number of anilines is 2. The number of hydrogen-bond donors (Lipinski definition) is 2. The van der Waals surface area contributed by atoms with Crippen molar-refractivity contribution in [3.05, 3.63) is 59.7 Å². The Labute approximate surface area is 234 Å². The third kappa shape index (κ3) is 6.86. The molecule has 1 saturated carbocycles. The molecule has 2 aromatic rings. The molecule has 212 valence electrons. The number of carbonyl (C=O) groups is 4. The number of hydrogen-bond acceptors (Lipinski definition) is 6. The van der Waals surface area contributed by atoms with Gasteiger partial charge in [0.1, 0.15) is 0 Å². The zero-order valence-corrected chi connectivity index (χ0v) is 22.6. The molecule has 0 unspecified atom stereocenters. The van der Waals surface area contributed by atoms with E-state index in [2.05, 4.69) is 10.6 Å². The van der Waals surface area contributed by atoms with Crippen LogP contribution in [0.1, 0.15) is 46.4 Å². The van der Waals surface area contributed by atoms with Crippen LogP contribution in [0.5, 0.6) is 0 Å². The summed E-state index contributed by atoms with van der Waals surface area (Å²) in [7, 11) is 0. The molecule has 2 N–H and O–H groups in total. The van der Waals surface area contributed by atoms with Gasteiger partial charge in [-0.3, -0.25) is 19.2 Å². The zero-order chi connectivity index (χ0) is 27.9. The van der Waals surface area contributed by atoms with Gasteiger partial charge in [-0.05, 0) is 62.1 Å². The van der Waals surface area contributed by atoms with Gasteiger partial charge in [0, 0.05) is 60.5 Å². The quantitative estimate of drug-likeness (QED) is 0.573. The maximum absolute atomic E-state index is 13.0. The second-order valence-corrected chi connectivity index (χ2v) is 10.5. The Kier molecular flexibility index (Phi) is 9.08. The Morgan fingerprint density at radius 3 is 1.35 bits per heavy atom. The normalized spacial score (nSPS) is 21.4. The summed E-state index contributed by atoms with van der Waals surface area (Å²) in [5.74, 6) is -0.716. The SMILES string of the molecule is O=C(Nc1cccc(C(=O)N2CCOCC2)c1)C1CCC(C(=O)Nc2cccc(C(=O)N3CCOCC3)c2)CC1. The molecule has 10 heteroatoms. The number of nitrogens with zero attached hydrogens (tertiary/aromatic N) is 2. The van der Waals surface area contributed by atoms with E-state index in [4.69, 9.17) is 9.47 Å². The van der Waals surface area contributed by atoms with E-state index < -0.39 is 0 Å². The maximum atomic E-state index is 13.0. The van der Waals surface area contributed by atoms with Crippen LogP contribution in [0.4, 0.5) is 11.4 Å². The lowest BCUT2D eigenvalue weighted by Gasteiger charge is -2.28. The first-order chi connectivity index (χ1) is 19.5. The van der Waals surface area contributed by atoms with E-state index in [9.17, 15) is 19.2 Å². The average Bonchev–Trinajstić information content (AvgIpc) is 3.01. The molecule has 2 saturated heterocycles. The molecule has 0 radical (unpaired) electrons. The van der Waals surface area contributed by atoms with Crippen LogP contribution in [0.25, 0.3) is 0 Å². The van der Waals surface area contributed by atoms with Gasteiger partial charge in [0.15, 0.2) is 0 Å². The van der Waals surface area contributed by atoms with E-state index >= 15 is 0 Å². The fourth-order valence-corrected chi connectivity index (χ4v) is 5.46. The third-order valence-corrected chi connectivity index (χ3v) is 7.82. The van der Waals surface area contributed by atoms with Crippen molar-refractivity contribution in [3.8, 4) is 0 Å². The van der Waals surface area contributed by atoms with Crippen molar-refractivity contribution in [2.24, 2.45) is 11.8 Å². The number of morpholine rings is 2. The topological polar surface area (TPSA) is 117 Å². The van der Waals surface area contributed by atoms with Gasteiger partial charge in [-0.2, -0.15) is 0 Å². The van der Waals surface area contributed by atoms with E-state index in [1.165, 1.54) is 0 Å². The number of carbonyl (C=O) groups excluding carboxylic acids is 4. The molecule has 2 aliphatic heterocycles. The van der Waals surface area contributed by atoms with E-state index in [0.717, 1.165) is 0 Å². The number of nitrogens with one attached hydrogen (secondary N) is 2. The van der Waals surface area contributed by atoms with Crippen molar-refractivity contribution in [1.29, 1.82) is 0 Å². The molecule has 3 aliphatic rings. The second-order valence-electron chi connectivity index (χ2n) is 10.5. The highest BCUT2D eigenvalue weighted by molar-refractivity contribution is 5.99. The van der Waals surface area contributed by atoms with Crippen molar-refractivity contribution in [3.63, 3.8) is 0 Å². The lowest BCUT2D eigenvalue weighted by Crippen LogP contribution is -2.40. The predicted molar refractivity (Wildman–Crippen MR) is 149 cm³/mol.